The maximum atomic E-state index is 6.62. The van der Waals surface area contributed by atoms with Crippen LogP contribution in [0.4, 0.5) is 0 Å². The van der Waals surface area contributed by atoms with Crippen molar-refractivity contribution in [2.24, 2.45) is 0 Å². The third-order valence-corrected chi connectivity index (χ3v) is 4.54. The van der Waals surface area contributed by atoms with Gasteiger partial charge in [0, 0.05) is 10.4 Å². The highest BCUT2D eigenvalue weighted by Gasteiger charge is 2.18. The van der Waals surface area contributed by atoms with Gasteiger partial charge in [0.15, 0.2) is 0 Å². The molecule has 0 fully saturated rings. The standard InChI is InChI=1S/C15H17ClOS/c1-4-17-13-6-5-10(2)9-12(13)14(16)15-11(3)7-8-18-15/h5-9,14H,4H2,1-3H3. The molecule has 1 atom stereocenters. The predicted octanol–water partition coefficient (Wildman–Crippen LogP) is 5.09. The van der Waals surface area contributed by atoms with Gasteiger partial charge in [-0.1, -0.05) is 17.7 Å². The SMILES string of the molecule is CCOc1ccc(C)cc1C(Cl)c1sccc1C. The van der Waals surface area contributed by atoms with Crippen LogP contribution in [-0.2, 0) is 0 Å². The van der Waals surface area contributed by atoms with E-state index in [0.717, 1.165) is 11.3 Å². The summed E-state index contributed by atoms with van der Waals surface area (Å²) in [4.78, 5) is 1.20. The molecule has 0 aliphatic carbocycles. The molecule has 0 amide bonds. The Kier molecular flexibility index (Phi) is 4.31. The number of hydrogen-bond donors (Lipinski definition) is 0. The third kappa shape index (κ3) is 2.70. The highest BCUT2D eigenvalue weighted by atomic mass is 35.5. The van der Waals surface area contributed by atoms with Crippen LogP contribution >= 0.6 is 22.9 Å². The lowest BCUT2D eigenvalue weighted by molar-refractivity contribution is 0.337. The molecule has 0 saturated heterocycles. The predicted molar refractivity (Wildman–Crippen MR) is 79.1 cm³/mol. The maximum Gasteiger partial charge on any atom is 0.124 e. The number of benzene rings is 1. The zero-order valence-corrected chi connectivity index (χ0v) is 12.4. The first-order valence-electron chi connectivity index (χ1n) is 6.05. The molecule has 1 unspecified atom stereocenters. The van der Waals surface area contributed by atoms with Crippen LogP contribution in [0, 0.1) is 13.8 Å². The molecule has 0 spiro atoms. The number of alkyl halides is 1. The van der Waals surface area contributed by atoms with E-state index < -0.39 is 0 Å². The van der Waals surface area contributed by atoms with Gasteiger partial charge in [-0.25, -0.2) is 0 Å². The van der Waals surface area contributed by atoms with Gasteiger partial charge in [-0.05, 0) is 43.8 Å². The van der Waals surface area contributed by atoms with E-state index in [4.69, 9.17) is 16.3 Å². The molecule has 1 aromatic heterocycles. The van der Waals surface area contributed by atoms with Crippen LogP contribution in [0.5, 0.6) is 5.75 Å². The topological polar surface area (TPSA) is 9.23 Å². The van der Waals surface area contributed by atoms with Gasteiger partial charge in [-0.2, -0.15) is 0 Å². The minimum Gasteiger partial charge on any atom is -0.494 e. The molecule has 18 heavy (non-hydrogen) atoms. The van der Waals surface area contributed by atoms with Crippen molar-refractivity contribution in [1.82, 2.24) is 0 Å². The average Bonchev–Trinajstić information content (AvgIpc) is 2.77. The Morgan fingerprint density at radius 3 is 2.67 bits per heavy atom. The van der Waals surface area contributed by atoms with Gasteiger partial charge in [0.25, 0.3) is 0 Å². The molecule has 0 N–H and O–H groups in total. The number of thiophene rings is 1. The first-order valence-corrected chi connectivity index (χ1v) is 7.36. The van der Waals surface area contributed by atoms with E-state index in [9.17, 15) is 0 Å². The molecule has 0 aliphatic heterocycles. The highest BCUT2D eigenvalue weighted by Crippen LogP contribution is 2.39. The first-order chi connectivity index (χ1) is 8.63. The molecule has 2 rings (SSSR count). The lowest BCUT2D eigenvalue weighted by Crippen LogP contribution is -2.00. The van der Waals surface area contributed by atoms with Gasteiger partial charge < -0.3 is 4.74 Å². The molecule has 1 nitrogen and oxygen atoms in total. The number of ether oxygens (including phenoxy) is 1. The molecular formula is C15H17ClOS. The van der Waals surface area contributed by atoms with Crippen molar-refractivity contribution in [2.75, 3.05) is 6.61 Å². The Balaban J connectivity index is 2.43. The zero-order chi connectivity index (χ0) is 13.1. The van der Waals surface area contributed by atoms with Crippen LogP contribution in [-0.4, -0.2) is 6.61 Å². The Morgan fingerprint density at radius 2 is 2.06 bits per heavy atom. The molecule has 0 bridgehead atoms. The fourth-order valence-corrected chi connectivity index (χ4v) is 3.35. The Morgan fingerprint density at radius 1 is 1.28 bits per heavy atom. The number of aryl methyl sites for hydroxylation is 2. The van der Waals surface area contributed by atoms with E-state index in [0.29, 0.717) is 6.61 Å². The van der Waals surface area contributed by atoms with Crippen LogP contribution in [0.25, 0.3) is 0 Å². The van der Waals surface area contributed by atoms with E-state index in [-0.39, 0.29) is 5.38 Å². The number of rotatable bonds is 4. The minimum atomic E-state index is -0.133. The lowest BCUT2D eigenvalue weighted by atomic mass is 10.0. The van der Waals surface area contributed by atoms with Gasteiger partial charge in [0.1, 0.15) is 5.75 Å². The highest BCUT2D eigenvalue weighted by molar-refractivity contribution is 7.10. The lowest BCUT2D eigenvalue weighted by Gasteiger charge is -2.15. The van der Waals surface area contributed by atoms with Crippen molar-refractivity contribution >= 4 is 22.9 Å². The van der Waals surface area contributed by atoms with E-state index >= 15 is 0 Å². The Hall–Kier alpha value is -0.990. The summed E-state index contributed by atoms with van der Waals surface area (Å²) in [6.45, 7) is 6.81. The van der Waals surface area contributed by atoms with Crippen molar-refractivity contribution < 1.29 is 4.74 Å². The van der Waals surface area contributed by atoms with Crippen LogP contribution in [0.2, 0.25) is 0 Å². The van der Waals surface area contributed by atoms with Crippen molar-refractivity contribution in [3.8, 4) is 5.75 Å². The van der Waals surface area contributed by atoms with E-state index in [2.05, 4.69) is 37.4 Å². The number of hydrogen-bond acceptors (Lipinski definition) is 2. The molecule has 0 saturated carbocycles. The normalized spacial score (nSPS) is 12.4. The van der Waals surface area contributed by atoms with Crippen LogP contribution in [0.3, 0.4) is 0 Å². The summed E-state index contributed by atoms with van der Waals surface area (Å²) in [6.07, 6.45) is 0. The summed E-state index contributed by atoms with van der Waals surface area (Å²) >= 11 is 8.32. The van der Waals surface area contributed by atoms with Gasteiger partial charge in [-0.3, -0.25) is 0 Å². The largest absolute Gasteiger partial charge is 0.494 e. The molecular weight excluding hydrogens is 264 g/mol. The van der Waals surface area contributed by atoms with Crippen molar-refractivity contribution in [1.29, 1.82) is 0 Å². The molecule has 96 valence electrons. The number of halogens is 1. The average molecular weight is 281 g/mol. The van der Waals surface area contributed by atoms with E-state index in [1.165, 1.54) is 16.0 Å². The summed E-state index contributed by atoms with van der Waals surface area (Å²) in [6, 6.07) is 8.28. The van der Waals surface area contributed by atoms with Gasteiger partial charge in [0.05, 0.1) is 12.0 Å². The monoisotopic (exact) mass is 280 g/mol. The van der Waals surface area contributed by atoms with Crippen molar-refractivity contribution in [3.05, 3.63) is 51.2 Å². The second-order valence-electron chi connectivity index (χ2n) is 4.30. The van der Waals surface area contributed by atoms with E-state index in [1.54, 1.807) is 11.3 Å². The van der Waals surface area contributed by atoms with Crippen LogP contribution in [0.15, 0.2) is 29.6 Å². The second-order valence-corrected chi connectivity index (χ2v) is 5.69. The zero-order valence-electron chi connectivity index (χ0n) is 10.9. The van der Waals surface area contributed by atoms with Gasteiger partial charge in [0.2, 0.25) is 0 Å². The first kappa shape index (κ1) is 13.4. The summed E-state index contributed by atoms with van der Waals surface area (Å²) in [5, 5.41) is 1.95. The van der Waals surface area contributed by atoms with Crippen LogP contribution in [0.1, 0.15) is 33.9 Å². The Bertz CT molecular complexity index is 533. The summed E-state index contributed by atoms with van der Waals surface area (Å²) in [5.74, 6) is 0.885. The summed E-state index contributed by atoms with van der Waals surface area (Å²) in [5.41, 5.74) is 3.50. The fraction of sp³-hybridized carbons (Fsp3) is 0.333. The third-order valence-electron chi connectivity index (χ3n) is 2.87. The van der Waals surface area contributed by atoms with Crippen LogP contribution < -0.4 is 4.74 Å². The molecule has 2 aromatic rings. The molecule has 0 radical (unpaired) electrons. The summed E-state index contributed by atoms with van der Waals surface area (Å²) < 4.78 is 5.67. The van der Waals surface area contributed by atoms with E-state index in [1.807, 2.05) is 13.0 Å². The molecule has 1 aromatic carbocycles. The fourth-order valence-electron chi connectivity index (χ4n) is 1.94. The second kappa shape index (κ2) is 5.77. The van der Waals surface area contributed by atoms with Crippen molar-refractivity contribution in [3.63, 3.8) is 0 Å². The Labute approximate surface area is 117 Å². The quantitative estimate of drug-likeness (QED) is 0.709. The summed E-state index contributed by atoms with van der Waals surface area (Å²) in [7, 11) is 0. The molecule has 0 aliphatic rings. The minimum absolute atomic E-state index is 0.133. The smallest absolute Gasteiger partial charge is 0.124 e. The molecule has 1 heterocycles. The van der Waals surface area contributed by atoms with Gasteiger partial charge in [-0.15, -0.1) is 22.9 Å². The maximum absolute atomic E-state index is 6.62. The van der Waals surface area contributed by atoms with Crippen molar-refractivity contribution in [2.45, 2.75) is 26.1 Å². The molecule has 3 heteroatoms. The van der Waals surface area contributed by atoms with Gasteiger partial charge >= 0.3 is 0 Å².